The van der Waals surface area contributed by atoms with E-state index in [0.717, 1.165) is 16.8 Å². The second-order valence-electron chi connectivity index (χ2n) is 8.26. The summed E-state index contributed by atoms with van der Waals surface area (Å²) in [7, 11) is -2.29. The summed E-state index contributed by atoms with van der Waals surface area (Å²) in [4.78, 5) is 17.9. The lowest BCUT2D eigenvalue weighted by Gasteiger charge is -2.17. The molecule has 0 bridgehead atoms. The highest BCUT2D eigenvalue weighted by Gasteiger charge is 2.28. The van der Waals surface area contributed by atoms with Gasteiger partial charge < -0.3 is 9.42 Å². The summed E-state index contributed by atoms with van der Waals surface area (Å²) in [5, 5.41) is 4.00. The zero-order valence-electron chi connectivity index (χ0n) is 18.6. The average molecular weight is 455 g/mol. The molecule has 0 radical (unpaired) electrons. The molecule has 0 aliphatic carbocycles. The van der Waals surface area contributed by atoms with Gasteiger partial charge in [-0.25, -0.2) is 8.42 Å². The third kappa shape index (κ3) is 4.18. The number of benzene rings is 2. The van der Waals surface area contributed by atoms with Gasteiger partial charge in [-0.05, 0) is 41.7 Å². The van der Waals surface area contributed by atoms with Crippen LogP contribution in [0.5, 0.6) is 0 Å². The maximum absolute atomic E-state index is 13.1. The number of sulfonamides is 1. The van der Waals surface area contributed by atoms with Gasteiger partial charge in [-0.3, -0.25) is 4.79 Å². The Labute approximate surface area is 187 Å². The van der Waals surface area contributed by atoms with E-state index in [-0.39, 0.29) is 23.2 Å². The lowest BCUT2D eigenvalue weighted by molar-refractivity contribution is -0.116. The van der Waals surface area contributed by atoms with Crippen molar-refractivity contribution < 1.29 is 17.7 Å². The first-order chi connectivity index (χ1) is 15.2. The van der Waals surface area contributed by atoms with E-state index in [2.05, 4.69) is 24.0 Å². The molecule has 32 heavy (non-hydrogen) atoms. The molecule has 0 atom stereocenters. The van der Waals surface area contributed by atoms with Crippen molar-refractivity contribution in [2.45, 2.75) is 44.6 Å². The quantitative estimate of drug-likeness (QED) is 0.565. The van der Waals surface area contributed by atoms with Gasteiger partial charge in [-0.2, -0.15) is 9.29 Å². The van der Waals surface area contributed by atoms with E-state index in [4.69, 9.17) is 4.52 Å². The fourth-order valence-electron chi connectivity index (χ4n) is 3.77. The van der Waals surface area contributed by atoms with Crippen molar-refractivity contribution in [3.8, 4) is 11.4 Å². The molecule has 0 spiro atoms. The first kappa shape index (κ1) is 22.2. The molecular formula is C23H26N4O4S. The van der Waals surface area contributed by atoms with Crippen LogP contribution in [0.1, 0.15) is 43.7 Å². The van der Waals surface area contributed by atoms with Gasteiger partial charge in [0.15, 0.2) is 0 Å². The van der Waals surface area contributed by atoms with Crippen LogP contribution < -0.4 is 4.90 Å². The predicted octanol–water partition coefficient (Wildman–Crippen LogP) is 3.59. The molecule has 1 aliphatic heterocycles. The van der Waals surface area contributed by atoms with Crippen LogP contribution in [0.15, 0.2) is 51.9 Å². The number of anilines is 1. The van der Waals surface area contributed by atoms with Gasteiger partial charge in [0.05, 0.1) is 11.4 Å². The summed E-state index contributed by atoms with van der Waals surface area (Å²) < 4.78 is 32.7. The highest BCUT2D eigenvalue weighted by atomic mass is 32.2. The average Bonchev–Trinajstić information content (AvgIpc) is 3.40. The summed E-state index contributed by atoms with van der Waals surface area (Å²) >= 11 is 0. The minimum atomic E-state index is -3.76. The first-order valence-corrected chi connectivity index (χ1v) is 11.9. The zero-order valence-corrected chi connectivity index (χ0v) is 19.4. The van der Waals surface area contributed by atoms with Crippen LogP contribution in [-0.2, 0) is 27.8 Å². The molecule has 2 aromatic carbocycles. The summed E-state index contributed by atoms with van der Waals surface area (Å²) in [6, 6.07) is 12.8. The largest absolute Gasteiger partial charge is 0.338 e. The van der Waals surface area contributed by atoms with Crippen LogP contribution >= 0.6 is 0 Å². The molecule has 4 rings (SSSR count). The summed E-state index contributed by atoms with van der Waals surface area (Å²) in [5.41, 5.74) is 3.64. The Morgan fingerprint density at radius 1 is 1.19 bits per heavy atom. The highest BCUT2D eigenvalue weighted by Crippen LogP contribution is 2.31. The molecule has 168 valence electrons. The number of hydrogen-bond donors (Lipinski definition) is 0. The van der Waals surface area contributed by atoms with Crippen molar-refractivity contribution in [3.63, 3.8) is 0 Å². The van der Waals surface area contributed by atoms with E-state index in [1.165, 1.54) is 29.9 Å². The number of hydrogen-bond acceptors (Lipinski definition) is 6. The lowest BCUT2D eigenvalue weighted by atomic mass is 10.0. The Morgan fingerprint density at radius 2 is 1.91 bits per heavy atom. The van der Waals surface area contributed by atoms with Crippen molar-refractivity contribution in [3.05, 3.63) is 59.5 Å². The fraction of sp³-hybridized carbons (Fsp3) is 0.348. The van der Waals surface area contributed by atoms with Gasteiger partial charge in [0, 0.05) is 31.8 Å². The third-order valence-electron chi connectivity index (χ3n) is 5.70. The van der Waals surface area contributed by atoms with Crippen LogP contribution in [-0.4, -0.2) is 42.4 Å². The summed E-state index contributed by atoms with van der Waals surface area (Å²) in [6.45, 7) is 6.27. The molecular weight excluding hydrogens is 428 g/mol. The highest BCUT2D eigenvalue weighted by molar-refractivity contribution is 7.89. The smallest absolute Gasteiger partial charge is 0.243 e. The monoisotopic (exact) mass is 454 g/mol. The third-order valence-corrected chi connectivity index (χ3v) is 7.50. The molecule has 1 aromatic heterocycles. The fourth-order valence-corrected chi connectivity index (χ4v) is 4.95. The van der Waals surface area contributed by atoms with E-state index in [1.54, 1.807) is 17.0 Å². The molecule has 2 heterocycles. The van der Waals surface area contributed by atoms with E-state index in [1.807, 2.05) is 24.3 Å². The minimum absolute atomic E-state index is 0.0456. The molecule has 0 saturated heterocycles. The second kappa shape index (κ2) is 8.48. The molecule has 0 unspecified atom stereocenters. The van der Waals surface area contributed by atoms with E-state index >= 15 is 0 Å². The van der Waals surface area contributed by atoms with Crippen molar-refractivity contribution in [2.75, 3.05) is 18.5 Å². The molecule has 1 aliphatic rings. The number of amides is 1. The van der Waals surface area contributed by atoms with Crippen molar-refractivity contribution >= 4 is 21.6 Å². The number of nitrogens with zero attached hydrogens (tertiary/aromatic N) is 4. The second-order valence-corrected chi connectivity index (χ2v) is 10.3. The van der Waals surface area contributed by atoms with Gasteiger partial charge >= 0.3 is 0 Å². The molecule has 1 amide bonds. The number of rotatable bonds is 6. The normalized spacial score (nSPS) is 13.8. The Morgan fingerprint density at radius 3 is 2.56 bits per heavy atom. The number of fused-ring (bicyclic) bond motifs is 1. The van der Waals surface area contributed by atoms with Crippen LogP contribution in [0, 0.1) is 0 Å². The zero-order chi connectivity index (χ0) is 23.0. The maximum Gasteiger partial charge on any atom is 0.243 e. The number of carbonyl (C=O) groups is 1. The van der Waals surface area contributed by atoms with Crippen molar-refractivity contribution in [1.82, 2.24) is 14.4 Å². The van der Waals surface area contributed by atoms with Gasteiger partial charge in [-0.15, -0.1) is 0 Å². The number of aromatic nitrogens is 2. The topological polar surface area (TPSA) is 96.6 Å². The van der Waals surface area contributed by atoms with E-state index in [0.29, 0.717) is 24.7 Å². The summed E-state index contributed by atoms with van der Waals surface area (Å²) in [6.07, 6.45) is 0.630. The minimum Gasteiger partial charge on any atom is -0.338 e. The van der Waals surface area contributed by atoms with Gasteiger partial charge in [0.25, 0.3) is 0 Å². The van der Waals surface area contributed by atoms with Crippen molar-refractivity contribution in [2.24, 2.45) is 0 Å². The van der Waals surface area contributed by atoms with Crippen LogP contribution in [0.3, 0.4) is 0 Å². The molecule has 0 N–H and O–H groups in total. The van der Waals surface area contributed by atoms with Gasteiger partial charge in [0.1, 0.15) is 0 Å². The molecule has 9 heteroatoms. The summed E-state index contributed by atoms with van der Waals surface area (Å²) in [5.74, 6) is 1.00. The molecule has 0 fully saturated rings. The number of carbonyl (C=O) groups excluding carboxylic acids is 1. The predicted molar refractivity (Wildman–Crippen MR) is 121 cm³/mol. The van der Waals surface area contributed by atoms with E-state index < -0.39 is 10.0 Å². The van der Waals surface area contributed by atoms with Crippen LogP contribution in [0.2, 0.25) is 0 Å². The first-order valence-electron chi connectivity index (χ1n) is 10.5. The maximum atomic E-state index is 13.1. The Kier molecular flexibility index (Phi) is 5.87. The Bertz CT molecular complexity index is 1250. The van der Waals surface area contributed by atoms with Crippen LogP contribution in [0.4, 0.5) is 5.69 Å². The SMILES string of the molecule is CC(=O)N1CCc2cc(S(=O)(=O)N(C)Cc3nc(-c4ccc(C(C)C)cc4)no3)ccc21. The molecule has 0 saturated carbocycles. The molecule has 3 aromatic rings. The lowest BCUT2D eigenvalue weighted by Crippen LogP contribution is -2.27. The van der Waals surface area contributed by atoms with Gasteiger partial charge in [-0.1, -0.05) is 43.3 Å². The Balaban J connectivity index is 1.50. The van der Waals surface area contributed by atoms with Crippen molar-refractivity contribution in [1.29, 1.82) is 0 Å². The molecule has 8 nitrogen and oxygen atoms in total. The standard InChI is InChI=1S/C23H26N4O4S/c1-15(2)17-5-7-18(8-6-17)23-24-22(31-25-23)14-26(4)32(29,30)20-9-10-21-19(13-20)11-12-27(21)16(3)28/h5-10,13,15H,11-12,14H2,1-4H3. The van der Waals surface area contributed by atoms with E-state index in [9.17, 15) is 13.2 Å². The van der Waals surface area contributed by atoms with Crippen LogP contribution in [0.25, 0.3) is 11.4 Å². The van der Waals surface area contributed by atoms with Gasteiger partial charge in [0.2, 0.25) is 27.6 Å². The Hall–Kier alpha value is -3.04.